The number of rotatable bonds is 5. The van der Waals surface area contributed by atoms with Gasteiger partial charge in [0.25, 0.3) is 0 Å². The Morgan fingerprint density at radius 2 is 2.00 bits per heavy atom. The van der Waals surface area contributed by atoms with Gasteiger partial charge in [-0.2, -0.15) is 0 Å². The lowest BCUT2D eigenvalue weighted by molar-refractivity contribution is -0.113. The van der Waals surface area contributed by atoms with Crippen molar-refractivity contribution in [2.24, 2.45) is 5.73 Å². The third kappa shape index (κ3) is 4.40. The number of hydrogen-bond donors (Lipinski definition) is 2. The highest BCUT2D eigenvalue weighted by Gasteiger charge is 2.47. The summed E-state index contributed by atoms with van der Waals surface area (Å²) in [6.45, 7) is 14.1. The van der Waals surface area contributed by atoms with Gasteiger partial charge in [0.05, 0.1) is 5.52 Å². The Balaban J connectivity index is 2.38. The van der Waals surface area contributed by atoms with Gasteiger partial charge in [0, 0.05) is 16.5 Å². The van der Waals surface area contributed by atoms with Crippen LogP contribution in [0.4, 0.5) is 4.79 Å². The number of primary amides is 1. The number of unbranched alkanes of at least 4 members (excludes halogenated alkanes) is 2. The minimum atomic E-state index is -1.10. The van der Waals surface area contributed by atoms with Crippen molar-refractivity contribution in [1.82, 2.24) is 4.98 Å². The van der Waals surface area contributed by atoms with Crippen molar-refractivity contribution in [2.45, 2.75) is 97.4 Å². The Kier molecular flexibility index (Phi) is 6.69. The van der Waals surface area contributed by atoms with Gasteiger partial charge in [-0.05, 0) is 56.2 Å². The third-order valence-corrected chi connectivity index (χ3v) is 6.59. The van der Waals surface area contributed by atoms with Crippen LogP contribution < -0.4 is 10.5 Å². The van der Waals surface area contributed by atoms with Crippen LogP contribution in [-0.4, -0.2) is 27.9 Å². The molecule has 3 N–H and O–H groups in total. The molecule has 1 aliphatic rings. The van der Waals surface area contributed by atoms with Crippen LogP contribution in [0.5, 0.6) is 5.75 Å². The Hall–Kier alpha value is -2.05. The molecule has 176 valence electrons. The Morgan fingerprint density at radius 1 is 1.34 bits per heavy atom. The normalized spacial score (nSPS) is 20.0. The van der Waals surface area contributed by atoms with E-state index in [0.717, 1.165) is 47.8 Å². The molecule has 0 aliphatic carbocycles. The zero-order chi connectivity index (χ0) is 24.0. The molecule has 7 heteroatoms. The molecule has 0 spiro atoms. The number of ether oxygens (including phenoxy) is 2. The first-order valence-electron chi connectivity index (χ1n) is 11.3. The van der Waals surface area contributed by atoms with Gasteiger partial charge in [-0.15, -0.1) is 0 Å². The average molecular weight is 463 g/mol. The van der Waals surface area contributed by atoms with Crippen LogP contribution in [0.3, 0.4) is 0 Å². The maximum Gasteiger partial charge on any atom is 0.405 e. The monoisotopic (exact) mass is 462 g/mol. The summed E-state index contributed by atoms with van der Waals surface area (Å²) in [5.74, 6) is 0.610. The van der Waals surface area contributed by atoms with Crippen LogP contribution in [0.25, 0.3) is 10.9 Å². The van der Waals surface area contributed by atoms with Crippen molar-refractivity contribution in [3.05, 3.63) is 33.5 Å². The highest BCUT2D eigenvalue weighted by atomic mass is 35.5. The topological polar surface area (TPSA) is 94.7 Å². The van der Waals surface area contributed by atoms with Crippen LogP contribution in [0.2, 0.25) is 5.15 Å². The van der Waals surface area contributed by atoms with Gasteiger partial charge < -0.3 is 20.3 Å². The fraction of sp³-hybridized carbons (Fsp3) is 0.600. The highest BCUT2D eigenvalue weighted by Crippen LogP contribution is 2.50. The lowest BCUT2D eigenvalue weighted by Crippen LogP contribution is -2.50. The number of nitrogens with zero attached hydrogens (tertiary/aromatic N) is 1. The fourth-order valence-corrected chi connectivity index (χ4v) is 4.94. The van der Waals surface area contributed by atoms with E-state index in [9.17, 15) is 9.90 Å². The number of aliphatic hydroxyl groups excluding tert-OH is 1. The van der Waals surface area contributed by atoms with E-state index in [4.69, 9.17) is 31.8 Å². The molecule has 1 aromatic heterocycles. The number of carbonyl (C=O) groups excluding carboxylic acids is 1. The first kappa shape index (κ1) is 24.6. The minimum Gasteiger partial charge on any atom is -0.484 e. The SMILES string of the molecule is CCCCCc1c(Cl)nc2cc3c(c(C(C)(C)C)c2c1C)OC(C)(C)[C@H](O)[C@H]3OC(N)=O. The summed E-state index contributed by atoms with van der Waals surface area (Å²) < 4.78 is 11.8. The van der Waals surface area contributed by atoms with Gasteiger partial charge in [0.15, 0.2) is 6.10 Å². The summed E-state index contributed by atoms with van der Waals surface area (Å²) in [5, 5.41) is 12.4. The molecule has 3 rings (SSSR count). The highest BCUT2D eigenvalue weighted by molar-refractivity contribution is 6.30. The maximum atomic E-state index is 11.7. The smallest absolute Gasteiger partial charge is 0.405 e. The molecule has 0 radical (unpaired) electrons. The van der Waals surface area contributed by atoms with Crippen molar-refractivity contribution in [3.63, 3.8) is 0 Å². The van der Waals surface area contributed by atoms with Gasteiger partial charge >= 0.3 is 6.09 Å². The van der Waals surface area contributed by atoms with Gasteiger partial charge in [-0.25, -0.2) is 9.78 Å². The number of hydrogen-bond acceptors (Lipinski definition) is 5. The van der Waals surface area contributed by atoms with Crippen LogP contribution in [0, 0.1) is 6.92 Å². The zero-order valence-corrected chi connectivity index (χ0v) is 20.9. The van der Waals surface area contributed by atoms with E-state index in [1.807, 2.05) is 0 Å². The van der Waals surface area contributed by atoms with E-state index < -0.39 is 23.9 Å². The Bertz CT molecular complexity index is 1040. The number of halogens is 1. The van der Waals surface area contributed by atoms with Crippen molar-refractivity contribution in [2.75, 3.05) is 0 Å². The molecule has 6 nitrogen and oxygen atoms in total. The molecule has 0 saturated carbocycles. The molecule has 0 unspecified atom stereocenters. The Morgan fingerprint density at radius 3 is 2.56 bits per heavy atom. The largest absolute Gasteiger partial charge is 0.484 e. The maximum absolute atomic E-state index is 11.7. The molecule has 2 heterocycles. The van der Waals surface area contributed by atoms with Gasteiger partial charge in [-0.1, -0.05) is 52.1 Å². The summed E-state index contributed by atoms with van der Waals surface area (Å²) >= 11 is 6.63. The van der Waals surface area contributed by atoms with Crippen LogP contribution >= 0.6 is 11.6 Å². The Labute approximate surface area is 195 Å². The van der Waals surface area contributed by atoms with Gasteiger partial charge in [0.2, 0.25) is 0 Å². The first-order chi connectivity index (χ1) is 14.8. The predicted octanol–water partition coefficient (Wildman–Crippen LogP) is 5.90. The second-order valence-corrected chi connectivity index (χ2v) is 10.6. The second-order valence-electron chi connectivity index (χ2n) is 10.3. The lowest BCUT2D eigenvalue weighted by atomic mass is 9.77. The molecule has 1 amide bonds. The number of amides is 1. The standard InChI is InChI=1S/C25H35ClN2O4/c1-8-9-10-11-14-13(2)17-16(28-22(14)26)12-15-19(18(17)24(3,4)5)32-25(6,7)21(29)20(15)31-23(27)30/h12,20-21,29H,8-11H2,1-7H3,(H2,27,30)/t20-,21+/m0/s1. The number of aliphatic hydroxyl groups is 1. The summed E-state index contributed by atoms with van der Waals surface area (Å²) in [6, 6.07) is 1.81. The predicted molar refractivity (Wildman–Crippen MR) is 128 cm³/mol. The number of benzene rings is 1. The van der Waals surface area contributed by atoms with E-state index in [-0.39, 0.29) is 5.41 Å². The molecule has 2 aromatic rings. The van der Waals surface area contributed by atoms with E-state index in [2.05, 4.69) is 34.6 Å². The molecule has 2 atom stereocenters. The number of nitrogens with two attached hydrogens (primary N) is 1. The van der Waals surface area contributed by atoms with Gasteiger partial charge in [-0.3, -0.25) is 0 Å². The number of aryl methyl sites for hydroxylation is 1. The van der Waals surface area contributed by atoms with Crippen molar-refractivity contribution in [3.8, 4) is 5.75 Å². The number of carbonyl (C=O) groups is 1. The van der Waals surface area contributed by atoms with Crippen molar-refractivity contribution < 1.29 is 19.4 Å². The summed E-state index contributed by atoms with van der Waals surface area (Å²) in [7, 11) is 0. The second kappa shape index (κ2) is 8.71. The molecular weight excluding hydrogens is 428 g/mol. The molecule has 1 aromatic carbocycles. The zero-order valence-electron chi connectivity index (χ0n) is 20.1. The molecule has 32 heavy (non-hydrogen) atoms. The number of pyridine rings is 1. The summed E-state index contributed by atoms with van der Waals surface area (Å²) in [5.41, 5.74) is 8.37. The molecule has 0 saturated heterocycles. The molecule has 0 fully saturated rings. The van der Waals surface area contributed by atoms with Crippen molar-refractivity contribution >= 4 is 28.6 Å². The van der Waals surface area contributed by atoms with Gasteiger partial charge in [0.1, 0.15) is 22.6 Å². The average Bonchev–Trinajstić information content (AvgIpc) is 2.66. The first-order valence-corrected chi connectivity index (χ1v) is 11.7. The number of aromatic nitrogens is 1. The number of fused-ring (bicyclic) bond motifs is 2. The van der Waals surface area contributed by atoms with E-state index in [1.165, 1.54) is 0 Å². The summed E-state index contributed by atoms with van der Waals surface area (Å²) in [6.07, 6.45) is 1.14. The van der Waals surface area contributed by atoms with E-state index in [1.54, 1.807) is 19.9 Å². The molecular formula is C25H35ClN2O4. The molecule has 1 aliphatic heterocycles. The quantitative estimate of drug-likeness (QED) is 0.426. The third-order valence-electron chi connectivity index (χ3n) is 6.28. The van der Waals surface area contributed by atoms with E-state index >= 15 is 0 Å². The van der Waals surface area contributed by atoms with Crippen LogP contribution in [-0.2, 0) is 16.6 Å². The molecule has 0 bridgehead atoms. The minimum absolute atomic E-state index is 0.319. The van der Waals surface area contributed by atoms with E-state index in [0.29, 0.717) is 22.0 Å². The van der Waals surface area contributed by atoms with Crippen molar-refractivity contribution in [1.29, 1.82) is 0 Å². The lowest BCUT2D eigenvalue weighted by Gasteiger charge is -2.43. The fourth-order valence-electron chi connectivity index (χ4n) is 4.61. The van der Waals surface area contributed by atoms with Crippen LogP contribution in [0.1, 0.15) is 89.2 Å². The summed E-state index contributed by atoms with van der Waals surface area (Å²) in [4.78, 5) is 16.4. The van der Waals surface area contributed by atoms with Crippen LogP contribution in [0.15, 0.2) is 6.07 Å².